The number of ether oxygens (including phenoxy) is 2. The number of benzene rings is 3. The zero-order chi connectivity index (χ0) is 29.9. The Hall–Kier alpha value is -4.23. The Bertz CT molecular complexity index is 1510. The lowest BCUT2D eigenvalue weighted by molar-refractivity contribution is -0.782. The van der Waals surface area contributed by atoms with Gasteiger partial charge in [-0.3, -0.25) is 4.79 Å². The lowest BCUT2D eigenvalue weighted by atomic mass is 10.00. The standard InChI is InChI=1S/C35H38N2O5/c1-24-8-10-25(11-9-24)27-14-17-31-29(22-27)23-28(18-21-41-31)32(38)36-30-15-12-26(13-16-30)33(39)37(19-6-5-7-20-37)34(40)42-35(2,3)4/h8-17,22-23H,5-7,18-21H2,1-4H3/p+1. The van der Waals surface area contributed by atoms with Gasteiger partial charge in [-0.25, -0.2) is 4.79 Å². The summed E-state index contributed by atoms with van der Waals surface area (Å²) in [5.41, 5.74) is 5.11. The molecule has 0 saturated carbocycles. The smallest absolute Gasteiger partial charge is 0.493 e. The van der Waals surface area contributed by atoms with E-state index >= 15 is 0 Å². The minimum atomic E-state index is -0.686. The molecule has 0 aliphatic carbocycles. The maximum absolute atomic E-state index is 13.7. The molecular formula is C35H39N2O5+. The summed E-state index contributed by atoms with van der Waals surface area (Å²) in [5, 5.41) is 2.96. The summed E-state index contributed by atoms with van der Waals surface area (Å²) >= 11 is 0. The van der Waals surface area contributed by atoms with Gasteiger partial charge in [-0.1, -0.05) is 35.9 Å². The molecule has 0 unspecified atom stereocenters. The zero-order valence-electron chi connectivity index (χ0n) is 24.9. The van der Waals surface area contributed by atoms with Gasteiger partial charge in [0.25, 0.3) is 5.91 Å². The number of fused-ring (bicyclic) bond motifs is 1. The van der Waals surface area contributed by atoms with Gasteiger partial charge in [0.2, 0.25) is 0 Å². The predicted octanol–water partition coefficient (Wildman–Crippen LogP) is 7.54. The van der Waals surface area contributed by atoms with Crippen molar-refractivity contribution >= 4 is 29.7 Å². The van der Waals surface area contributed by atoms with Gasteiger partial charge in [0, 0.05) is 23.2 Å². The first-order chi connectivity index (χ1) is 20.0. The molecule has 0 bridgehead atoms. The fourth-order valence-electron chi connectivity index (χ4n) is 5.45. The van der Waals surface area contributed by atoms with Gasteiger partial charge in [0.15, 0.2) is 0 Å². The van der Waals surface area contributed by atoms with E-state index in [0.29, 0.717) is 42.9 Å². The van der Waals surface area contributed by atoms with Crippen LogP contribution in [0, 0.1) is 6.92 Å². The molecule has 2 aliphatic heterocycles. The number of hydrogen-bond donors (Lipinski definition) is 1. The van der Waals surface area contributed by atoms with E-state index in [0.717, 1.165) is 41.7 Å². The van der Waals surface area contributed by atoms with Crippen molar-refractivity contribution in [3.8, 4) is 16.9 Å². The van der Waals surface area contributed by atoms with Gasteiger partial charge in [0.05, 0.1) is 25.3 Å². The van der Waals surface area contributed by atoms with Gasteiger partial charge in [-0.15, -0.1) is 0 Å². The first-order valence-electron chi connectivity index (χ1n) is 14.7. The molecule has 7 heteroatoms. The lowest BCUT2D eigenvalue weighted by Crippen LogP contribution is -2.60. The van der Waals surface area contributed by atoms with E-state index < -0.39 is 11.7 Å². The van der Waals surface area contributed by atoms with Gasteiger partial charge >= 0.3 is 12.0 Å². The average molecular weight is 568 g/mol. The van der Waals surface area contributed by atoms with E-state index in [1.807, 2.05) is 45.0 Å². The molecule has 5 rings (SSSR count). The molecule has 0 aromatic heterocycles. The molecule has 1 fully saturated rings. The first-order valence-corrected chi connectivity index (χ1v) is 14.7. The second-order valence-corrected chi connectivity index (χ2v) is 12.2. The number of quaternary nitrogens is 1. The summed E-state index contributed by atoms with van der Waals surface area (Å²) in [6, 6.07) is 21.1. The van der Waals surface area contributed by atoms with Crippen LogP contribution in [-0.2, 0) is 9.53 Å². The lowest BCUT2D eigenvalue weighted by Gasteiger charge is -2.36. The number of rotatable bonds is 4. The third-order valence-corrected chi connectivity index (χ3v) is 7.75. The number of amides is 3. The van der Waals surface area contributed by atoms with Crippen molar-refractivity contribution < 1.29 is 28.3 Å². The predicted molar refractivity (Wildman–Crippen MR) is 164 cm³/mol. The van der Waals surface area contributed by atoms with Crippen molar-refractivity contribution in [1.29, 1.82) is 0 Å². The molecule has 1 N–H and O–H groups in total. The summed E-state index contributed by atoms with van der Waals surface area (Å²) in [4.78, 5) is 40.2. The van der Waals surface area contributed by atoms with E-state index in [4.69, 9.17) is 9.47 Å². The molecule has 3 aromatic carbocycles. The molecule has 2 heterocycles. The molecule has 42 heavy (non-hydrogen) atoms. The Morgan fingerprint density at radius 2 is 1.52 bits per heavy atom. The third-order valence-electron chi connectivity index (χ3n) is 7.75. The quantitative estimate of drug-likeness (QED) is 0.329. The maximum atomic E-state index is 13.7. The van der Waals surface area contributed by atoms with Crippen LogP contribution >= 0.6 is 0 Å². The topological polar surface area (TPSA) is 81.7 Å². The second-order valence-electron chi connectivity index (χ2n) is 12.2. The number of aryl methyl sites for hydroxylation is 1. The summed E-state index contributed by atoms with van der Waals surface area (Å²) in [5.74, 6) is 0.252. The molecule has 2 aliphatic rings. The highest BCUT2D eigenvalue weighted by molar-refractivity contribution is 6.07. The number of carbonyl (C=O) groups is 3. The van der Waals surface area contributed by atoms with Crippen LogP contribution in [0.1, 0.15) is 67.9 Å². The molecule has 0 radical (unpaired) electrons. The fraction of sp³-hybridized carbons (Fsp3) is 0.343. The van der Waals surface area contributed by atoms with E-state index in [1.54, 1.807) is 24.3 Å². The molecule has 3 amide bonds. The first kappa shape index (κ1) is 29.3. The number of hydrogen-bond acceptors (Lipinski definition) is 5. The van der Waals surface area contributed by atoms with Crippen LogP contribution in [0.2, 0.25) is 0 Å². The van der Waals surface area contributed by atoms with Crippen molar-refractivity contribution in [1.82, 2.24) is 0 Å². The fourth-order valence-corrected chi connectivity index (χ4v) is 5.45. The maximum Gasteiger partial charge on any atom is 0.524 e. The number of carbonyl (C=O) groups excluding carboxylic acids is 3. The molecule has 7 nitrogen and oxygen atoms in total. The van der Waals surface area contributed by atoms with Crippen molar-refractivity contribution in [3.05, 3.63) is 89.0 Å². The SMILES string of the molecule is Cc1ccc(-c2ccc3c(c2)C=C(C(=O)Nc2ccc(C(=O)[N+]4(C(=O)OC(C)(C)C)CCCCC4)cc2)CCO3)cc1. The van der Waals surface area contributed by atoms with Gasteiger partial charge < -0.3 is 14.8 Å². The van der Waals surface area contributed by atoms with Crippen LogP contribution in [0.5, 0.6) is 5.75 Å². The molecule has 1 saturated heterocycles. The molecular weight excluding hydrogens is 528 g/mol. The average Bonchev–Trinajstić information content (AvgIpc) is 3.19. The Kier molecular flexibility index (Phi) is 8.32. The van der Waals surface area contributed by atoms with E-state index in [-0.39, 0.29) is 16.3 Å². The number of likely N-dealkylation sites (tertiary alicyclic amines) is 1. The van der Waals surface area contributed by atoms with Gasteiger partial charge in [-0.05, 0) is 101 Å². The Labute approximate surface area is 247 Å². The highest BCUT2D eigenvalue weighted by atomic mass is 16.6. The van der Waals surface area contributed by atoms with Crippen LogP contribution < -0.4 is 10.1 Å². The van der Waals surface area contributed by atoms with Crippen molar-refractivity contribution in [2.45, 2.75) is 59.0 Å². The number of nitrogens with one attached hydrogen (secondary N) is 1. The van der Waals surface area contributed by atoms with Crippen molar-refractivity contribution in [2.24, 2.45) is 0 Å². The number of anilines is 1. The Morgan fingerprint density at radius 1 is 0.857 bits per heavy atom. The third kappa shape index (κ3) is 6.47. The van der Waals surface area contributed by atoms with Crippen LogP contribution in [-0.4, -0.2) is 47.7 Å². The highest BCUT2D eigenvalue weighted by Crippen LogP contribution is 2.32. The minimum absolute atomic E-state index is 0.223. The summed E-state index contributed by atoms with van der Waals surface area (Å²) in [6.45, 7) is 8.74. The van der Waals surface area contributed by atoms with Gasteiger partial charge in [0.1, 0.15) is 11.4 Å². The van der Waals surface area contributed by atoms with Crippen LogP contribution in [0.4, 0.5) is 10.5 Å². The van der Waals surface area contributed by atoms with E-state index in [1.165, 1.54) is 5.56 Å². The molecule has 3 aromatic rings. The van der Waals surface area contributed by atoms with Crippen LogP contribution in [0.25, 0.3) is 17.2 Å². The number of piperidine rings is 1. The summed E-state index contributed by atoms with van der Waals surface area (Å²) in [6.07, 6.45) is 4.41. The number of imide groups is 1. The van der Waals surface area contributed by atoms with Gasteiger partial charge in [-0.2, -0.15) is 9.28 Å². The van der Waals surface area contributed by atoms with Crippen molar-refractivity contribution in [3.63, 3.8) is 0 Å². The highest BCUT2D eigenvalue weighted by Gasteiger charge is 2.49. The van der Waals surface area contributed by atoms with Crippen LogP contribution in [0.15, 0.2) is 72.3 Å². The minimum Gasteiger partial charge on any atom is -0.493 e. The Morgan fingerprint density at radius 3 is 2.19 bits per heavy atom. The summed E-state index contributed by atoms with van der Waals surface area (Å²) < 4.78 is 11.3. The van der Waals surface area contributed by atoms with E-state index in [2.05, 4.69) is 36.5 Å². The number of nitrogens with zero attached hydrogens (tertiary/aromatic N) is 1. The monoisotopic (exact) mass is 567 g/mol. The second kappa shape index (κ2) is 11.9. The molecule has 0 spiro atoms. The van der Waals surface area contributed by atoms with Crippen LogP contribution in [0.3, 0.4) is 0 Å². The normalized spacial score (nSPS) is 16.2. The molecule has 218 valence electrons. The van der Waals surface area contributed by atoms with Crippen molar-refractivity contribution in [2.75, 3.05) is 25.0 Å². The Balaban J connectivity index is 1.32. The molecule has 0 atom stereocenters. The largest absolute Gasteiger partial charge is 0.524 e. The zero-order valence-corrected chi connectivity index (χ0v) is 24.9. The van der Waals surface area contributed by atoms with E-state index in [9.17, 15) is 14.4 Å². The summed E-state index contributed by atoms with van der Waals surface area (Å²) in [7, 11) is 0.